The maximum absolute atomic E-state index is 13.2. The van der Waals surface area contributed by atoms with E-state index >= 15 is 0 Å². The molecule has 0 bridgehead atoms. The Labute approximate surface area is 159 Å². The lowest BCUT2D eigenvalue weighted by Crippen LogP contribution is -2.50. The van der Waals surface area contributed by atoms with Crippen LogP contribution in [0.4, 0.5) is 0 Å². The van der Waals surface area contributed by atoms with E-state index in [4.69, 9.17) is 5.73 Å². The van der Waals surface area contributed by atoms with Gasteiger partial charge in [0, 0.05) is 38.3 Å². The Morgan fingerprint density at radius 2 is 1.89 bits per heavy atom. The number of piperidine rings is 1. The standard InChI is InChI=1S/C20H28N4O3/c1-22-16(19(21)26)10-13-8-9-23(12-17(13)22)20(27)14-6-7-18(25)24(11-14)15-4-2-3-5-15/h10,14-15H,2-9,11-12H2,1H3,(H2,21,26). The minimum Gasteiger partial charge on any atom is -0.364 e. The SMILES string of the molecule is Cn1c(C(N)=O)cc2c1CN(C(=O)C1CCC(=O)N(C3CCCC3)C1)CC2. The summed E-state index contributed by atoms with van der Waals surface area (Å²) < 4.78 is 1.81. The molecule has 2 N–H and O–H groups in total. The lowest BCUT2D eigenvalue weighted by Gasteiger charge is -2.39. The minimum absolute atomic E-state index is 0.110. The van der Waals surface area contributed by atoms with E-state index in [-0.39, 0.29) is 17.7 Å². The van der Waals surface area contributed by atoms with Gasteiger partial charge in [-0.2, -0.15) is 0 Å². The molecule has 4 rings (SSSR count). The average Bonchev–Trinajstić information content (AvgIpc) is 3.30. The van der Waals surface area contributed by atoms with Crippen LogP contribution in [0.15, 0.2) is 6.07 Å². The second kappa shape index (κ2) is 7.02. The van der Waals surface area contributed by atoms with Gasteiger partial charge in [-0.3, -0.25) is 14.4 Å². The Morgan fingerprint density at radius 1 is 1.15 bits per heavy atom. The Morgan fingerprint density at radius 3 is 2.59 bits per heavy atom. The van der Waals surface area contributed by atoms with Crippen LogP contribution >= 0.6 is 0 Å². The molecule has 7 heteroatoms. The third-order valence-corrected chi connectivity index (χ3v) is 6.56. The third kappa shape index (κ3) is 3.24. The van der Waals surface area contributed by atoms with Gasteiger partial charge in [0.25, 0.3) is 5.91 Å². The lowest BCUT2D eigenvalue weighted by molar-refractivity contribution is -0.145. The van der Waals surface area contributed by atoms with E-state index in [1.807, 2.05) is 27.5 Å². The normalized spacial score (nSPS) is 23.6. The first-order valence-corrected chi connectivity index (χ1v) is 10.0. The van der Waals surface area contributed by atoms with Crippen LogP contribution in [0, 0.1) is 5.92 Å². The van der Waals surface area contributed by atoms with Crippen molar-refractivity contribution in [1.82, 2.24) is 14.4 Å². The molecule has 0 spiro atoms. The Hall–Kier alpha value is -2.31. The number of aromatic nitrogens is 1. The molecule has 1 aromatic rings. The van der Waals surface area contributed by atoms with E-state index < -0.39 is 5.91 Å². The van der Waals surface area contributed by atoms with Crippen molar-refractivity contribution in [1.29, 1.82) is 0 Å². The molecule has 1 atom stereocenters. The molecule has 1 saturated carbocycles. The molecule has 0 aromatic carbocycles. The van der Waals surface area contributed by atoms with Gasteiger partial charge in [-0.1, -0.05) is 12.8 Å². The predicted octanol–water partition coefficient (Wildman–Crippen LogP) is 1.19. The summed E-state index contributed by atoms with van der Waals surface area (Å²) in [7, 11) is 1.83. The van der Waals surface area contributed by atoms with E-state index in [0.717, 1.165) is 30.5 Å². The number of carbonyl (C=O) groups excluding carboxylic acids is 3. The first kappa shape index (κ1) is 18.1. The summed E-state index contributed by atoms with van der Waals surface area (Å²) in [6, 6.07) is 2.17. The average molecular weight is 372 g/mol. The van der Waals surface area contributed by atoms with Crippen molar-refractivity contribution >= 4 is 17.7 Å². The summed E-state index contributed by atoms with van der Waals surface area (Å²) in [5.41, 5.74) is 8.03. The smallest absolute Gasteiger partial charge is 0.265 e. The van der Waals surface area contributed by atoms with Gasteiger partial charge in [0.05, 0.1) is 12.5 Å². The van der Waals surface area contributed by atoms with Crippen molar-refractivity contribution in [2.45, 2.75) is 57.5 Å². The van der Waals surface area contributed by atoms with E-state index in [1.54, 1.807) is 0 Å². The Kier molecular flexibility index (Phi) is 4.70. The summed E-state index contributed by atoms with van der Waals surface area (Å²) in [4.78, 5) is 41.0. The number of primary amides is 1. The minimum atomic E-state index is -0.442. The van der Waals surface area contributed by atoms with Crippen LogP contribution in [-0.2, 0) is 29.6 Å². The predicted molar refractivity (Wildman–Crippen MR) is 99.7 cm³/mol. The van der Waals surface area contributed by atoms with E-state index in [0.29, 0.717) is 44.2 Å². The van der Waals surface area contributed by atoms with Gasteiger partial charge in [0.15, 0.2) is 0 Å². The summed E-state index contributed by atoms with van der Waals surface area (Å²) in [5, 5.41) is 0. The zero-order valence-electron chi connectivity index (χ0n) is 15.9. The highest BCUT2D eigenvalue weighted by molar-refractivity contribution is 5.92. The van der Waals surface area contributed by atoms with Crippen molar-refractivity contribution in [3.8, 4) is 0 Å². The highest BCUT2D eigenvalue weighted by Gasteiger charge is 2.37. The summed E-state index contributed by atoms with van der Waals surface area (Å²) in [6.07, 6.45) is 6.35. The van der Waals surface area contributed by atoms with Crippen LogP contribution in [0.5, 0.6) is 0 Å². The zero-order valence-corrected chi connectivity index (χ0v) is 15.9. The van der Waals surface area contributed by atoms with Crippen LogP contribution in [0.25, 0.3) is 0 Å². The fourth-order valence-electron chi connectivity index (χ4n) is 4.97. The van der Waals surface area contributed by atoms with Gasteiger partial charge >= 0.3 is 0 Å². The van der Waals surface area contributed by atoms with Gasteiger partial charge in [0.2, 0.25) is 11.8 Å². The summed E-state index contributed by atoms with van der Waals surface area (Å²) in [6.45, 7) is 1.72. The number of hydrogen-bond acceptors (Lipinski definition) is 3. The van der Waals surface area contributed by atoms with Crippen molar-refractivity contribution in [3.05, 3.63) is 23.0 Å². The number of amides is 3. The lowest BCUT2D eigenvalue weighted by atomic mass is 9.93. The van der Waals surface area contributed by atoms with Gasteiger partial charge in [-0.05, 0) is 37.3 Å². The van der Waals surface area contributed by atoms with E-state index in [1.165, 1.54) is 12.8 Å². The number of carbonyl (C=O) groups is 3. The molecule has 1 unspecified atom stereocenters. The molecular formula is C20H28N4O3. The first-order valence-electron chi connectivity index (χ1n) is 10.0. The van der Waals surface area contributed by atoms with Crippen molar-refractivity contribution < 1.29 is 14.4 Å². The van der Waals surface area contributed by atoms with Crippen molar-refractivity contribution in [2.75, 3.05) is 13.1 Å². The van der Waals surface area contributed by atoms with E-state index in [2.05, 4.69) is 0 Å². The molecule has 7 nitrogen and oxygen atoms in total. The molecule has 3 amide bonds. The van der Waals surface area contributed by atoms with Crippen molar-refractivity contribution in [3.63, 3.8) is 0 Å². The van der Waals surface area contributed by atoms with Crippen LogP contribution in [-0.4, -0.2) is 51.2 Å². The quantitative estimate of drug-likeness (QED) is 0.864. The van der Waals surface area contributed by atoms with Crippen LogP contribution in [0.2, 0.25) is 0 Å². The Balaban J connectivity index is 1.47. The maximum atomic E-state index is 13.2. The molecule has 146 valence electrons. The van der Waals surface area contributed by atoms with Crippen LogP contribution in [0.3, 0.4) is 0 Å². The van der Waals surface area contributed by atoms with Crippen molar-refractivity contribution in [2.24, 2.45) is 18.7 Å². The van der Waals surface area contributed by atoms with Gasteiger partial charge < -0.3 is 20.1 Å². The summed E-state index contributed by atoms with van der Waals surface area (Å²) in [5.74, 6) is -0.207. The third-order valence-electron chi connectivity index (χ3n) is 6.56. The van der Waals surface area contributed by atoms with Gasteiger partial charge in [0.1, 0.15) is 5.69 Å². The first-order chi connectivity index (χ1) is 13.0. The number of fused-ring (bicyclic) bond motifs is 1. The molecule has 1 saturated heterocycles. The molecule has 0 radical (unpaired) electrons. The molecule has 3 aliphatic rings. The highest BCUT2D eigenvalue weighted by atomic mass is 16.2. The Bertz CT molecular complexity index is 778. The monoisotopic (exact) mass is 372 g/mol. The highest BCUT2D eigenvalue weighted by Crippen LogP contribution is 2.30. The number of rotatable bonds is 3. The second-order valence-electron chi connectivity index (χ2n) is 8.15. The van der Waals surface area contributed by atoms with Crippen LogP contribution in [0.1, 0.15) is 60.3 Å². The molecule has 2 aliphatic heterocycles. The molecule has 2 fully saturated rings. The summed E-state index contributed by atoms with van der Waals surface area (Å²) >= 11 is 0. The van der Waals surface area contributed by atoms with Gasteiger partial charge in [-0.25, -0.2) is 0 Å². The molecular weight excluding hydrogens is 344 g/mol. The molecule has 1 aromatic heterocycles. The number of likely N-dealkylation sites (tertiary alicyclic amines) is 1. The topological polar surface area (TPSA) is 88.6 Å². The largest absolute Gasteiger partial charge is 0.364 e. The number of hydrogen-bond donors (Lipinski definition) is 1. The van der Waals surface area contributed by atoms with Crippen LogP contribution < -0.4 is 5.73 Å². The zero-order chi connectivity index (χ0) is 19.1. The fourth-order valence-corrected chi connectivity index (χ4v) is 4.97. The molecule has 3 heterocycles. The number of nitrogens with zero attached hydrogens (tertiary/aromatic N) is 3. The molecule has 27 heavy (non-hydrogen) atoms. The molecule has 1 aliphatic carbocycles. The van der Waals surface area contributed by atoms with E-state index in [9.17, 15) is 14.4 Å². The second-order valence-corrected chi connectivity index (χ2v) is 8.15. The fraction of sp³-hybridized carbons (Fsp3) is 0.650. The number of nitrogens with two attached hydrogens (primary N) is 1. The van der Waals surface area contributed by atoms with Gasteiger partial charge in [-0.15, -0.1) is 0 Å². The maximum Gasteiger partial charge on any atom is 0.265 e.